The Balaban J connectivity index is 2.23. The zero-order valence-electron chi connectivity index (χ0n) is 12.4. The van der Waals surface area contributed by atoms with Gasteiger partial charge in [0.1, 0.15) is 11.6 Å². The summed E-state index contributed by atoms with van der Waals surface area (Å²) in [5.74, 6) is 0.508. The summed E-state index contributed by atoms with van der Waals surface area (Å²) >= 11 is 5.68. The summed E-state index contributed by atoms with van der Waals surface area (Å²) in [4.78, 5) is 0. The number of halogens is 2. The smallest absolute Gasteiger partial charge is 0.222 e. The van der Waals surface area contributed by atoms with Crippen LogP contribution in [0.25, 0.3) is 0 Å². The summed E-state index contributed by atoms with van der Waals surface area (Å²) in [6, 6.07) is 4.38. The van der Waals surface area contributed by atoms with E-state index in [0.29, 0.717) is 18.2 Å². The van der Waals surface area contributed by atoms with Crippen molar-refractivity contribution in [3.8, 4) is 11.6 Å². The van der Waals surface area contributed by atoms with Crippen LogP contribution in [0.1, 0.15) is 24.6 Å². The van der Waals surface area contributed by atoms with Gasteiger partial charge in [0.25, 0.3) is 0 Å². The van der Waals surface area contributed by atoms with E-state index in [1.54, 1.807) is 17.8 Å². The van der Waals surface area contributed by atoms with E-state index in [-0.39, 0.29) is 5.02 Å². The monoisotopic (exact) mass is 311 g/mol. The number of hydrogen-bond acceptors (Lipinski definition) is 3. The molecule has 0 aliphatic rings. The molecule has 0 aliphatic heterocycles. The van der Waals surface area contributed by atoms with Gasteiger partial charge in [-0.1, -0.05) is 18.5 Å². The lowest BCUT2D eigenvalue weighted by Crippen LogP contribution is -2.14. The van der Waals surface area contributed by atoms with E-state index in [2.05, 4.69) is 17.3 Å². The summed E-state index contributed by atoms with van der Waals surface area (Å²) in [5.41, 5.74) is 1.87. The molecule has 0 amide bonds. The van der Waals surface area contributed by atoms with Crippen molar-refractivity contribution in [3.63, 3.8) is 0 Å². The third kappa shape index (κ3) is 3.74. The highest BCUT2D eigenvalue weighted by Gasteiger charge is 2.15. The van der Waals surface area contributed by atoms with E-state index < -0.39 is 5.82 Å². The molecule has 0 fully saturated rings. The molecule has 0 radical (unpaired) electrons. The van der Waals surface area contributed by atoms with Crippen molar-refractivity contribution in [3.05, 3.63) is 40.3 Å². The van der Waals surface area contributed by atoms with Gasteiger partial charge in [0.05, 0.1) is 16.3 Å². The first-order valence-electron chi connectivity index (χ1n) is 6.89. The van der Waals surface area contributed by atoms with Gasteiger partial charge in [-0.05, 0) is 32.0 Å². The second kappa shape index (κ2) is 6.91. The zero-order chi connectivity index (χ0) is 15.4. The summed E-state index contributed by atoms with van der Waals surface area (Å²) < 4.78 is 20.9. The lowest BCUT2D eigenvalue weighted by atomic mass is 10.2. The molecule has 4 nitrogen and oxygen atoms in total. The van der Waals surface area contributed by atoms with Crippen LogP contribution in [-0.4, -0.2) is 16.3 Å². The second-order valence-electron chi connectivity index (χ2n) is 4.85. The summed E-state index contributed by atoms with van der Waals surface area (Å²) in [5, 5.41) is 7.76. The van der Waals surface area contributed by atoms with Crippen molar-refractivity contribution >= 4 is 11.6 Å². The minimum atomic E-state index is -0.501. The van der Waals surface area contributed by atoms with Gasteiger partial charge in [-0.3, -0.25) is 0 Å². The second-order valence-corrected chi connectivity index (χ2v) is 5.25. The van der Waals surface area contributed by atoms with Crippen molar-refractivity contribution in [2.45, 2.75) is 26.8 Å². The predicted octanol–water partition coefficient (Wildman–Crippen LogP) is 3.81. The average molecular weight is 312 g/mol. The van der Waals surface area contributed by atoms with Crippen LogP contribution in [-0.2, 0) is 13.6 Å². The summed E-state index contributed by atoms with van der Waals surface area (Å²) in [7, 11) is 1.80. The Kier molecular flexibility index (Phi) is 5.20. The van der Waals surface area contributed by atoms with Crippen molar-refractivity contribution in [2.24, 2.45) is 7.05 Å². The molecule has 1 aromatic heterocycles. The zero-order valence-corrected chi connectivity index (χ0v) is 13.2. The fourth-order valence-corrected chi connectivity index (χ4v) is 2.17. The number of ether oxygens (including phenoxy) is 1. The lowest BCUT2D eigenvalue weighted by molar-refractivity contribution is 0.420. The SMILES string of the molecule is CCCNCc1c(C)nn(C)c1Oc1ccc(Cl)c(F)c1. The molecule has 0 saturated heterocycles. The number of hydrogen-bond donors (Lipinski definition) is 1. The van der Waals surface area contributed by atoms with E-state index in [4.69, 9.17) is 16.3 Å². The lowest BCUT2D eigenvalue weighted by Gasteiger charge is -2.10. The van der Waals surface area contributed by atoms with Crippen molar-refractivity contribution in [2.75, 3.05) is 6.54 Å². The Hall–Kier alpha value is -1.59. The standard InChI is InChI=1S/C15H19ClFN3O/c1-4-7-18-9-12-10(2)19-20(3)15(12)21-11-5-6-13(16)14(17)8-11/h5-6,8,18H,4,7,9H2,1-3H3. The third-order valence-electron chi connectivity index (χ3n) is 3.12. The Bertz CT molecular complexity index is 628. The van der Waals surface area contributed by atoms with E-state index >= 15 is 0 Å². The molecule has 0 spiro atoms. The Morgan fingerprint density at radius 2 is 2.19 bits per heavy atom. The molecule has 0 bridgehead atoms. The van der Waals surface area contributed by atoms with Crippen LogP contribution in [0.2, 0.25) is 5.02 Å². The molecule has 2 rings (SSSR count). The van der Waals surface area contributed by atoms with Gasteiger partial charge in [0, 0.05) is 19.7 Å². The molecular formula is C15H19ClFN3O. The summed E-state index contributed by atoms with van der Waals surface area (Å²) in [6.45, 7) is 5.62. The first-order valence-corrected chi connectivity index (χ1v) is 7.26. The van der Waals surface area contributed by atoms with Gasteiger partial charge in [-0.25, -0.2) is 9.07 Å². The van der Waals surface area contributed by atoms with Gasteiger partial charge in [0.2, 0.25) is 5.88 Å². The molecule has 1 heterocycles. The number of aryl methyl sites for hydroxylation is 2. The Morgan fingerprint density at radius 3 is 2.86 bits per heavy atom. The summed E-state index contributed by atoms with van der Waals surface area (Å²) in [6.07, 6.45) is 1.05. The van der Waals surface area contributed by atoms with E-state index in [1.165, 1.54) is 12.1 Å². The number of aromatic nitrogens is 2. The first kappa shape index (κ1) is 15.8. The van der Waals surface area contributed by atoms with E-state index in [1.807, 2.05) is 6.92 Å². The number of rotatable bonds is 6. The Morgan fingerprint density at radius 1 is 1.43 bits per heavy atom. The molecule has 2 aromatic rings. The number of nitrogens with zero attached hydrogens (tertiary/aromatic N) is 2. The molecule has 1 aromatic carbocycles. The van der Waals surface area contributed by atoms with Crippen LogP contribution in [0, 0.1) is 12.7 Å². The quantitative estimate of drug-likeness (QED) is 0.824. The molecule has 0 aliphatic carbocycles. The average Bonchev–Trinajstić information content (AvgIpc) is 2.70. The van der Waals surface area contributed by atoms with Crippen LogP contribution >= 0.6 is 11.6 Å². The van der Waals surface area contributed by atoms with Gasteiger partial charge in [-0.2, -0.15) is 5.10 Å². The molecule has 1 N–H and O–H groups in total. The van der Waals surface area contributed by atoms with Gasteiger partial charge >= 0.3 is 0 Å². The molecule has 0 unspecified atom stereocenters. The maximum Gasteiger partial charge on any atom is 0.222 e. The van der Waals surface area contributed by atoms with Crippen LogP contribution in [0.15, 0.2) is 18.2 Å². The molecule has 114 valence electrons. The highest BCUT2D eigenvalue weighted by atomic mass is 35.5. The minimum absolute atomic E-state index is 0.0772. The largest absolute Gasteiger partial charge is 0.439 e. The fraction of sp³-hybridized carbons (Fsp3) is 0.400. The fourth-order valence-electron chi connectivity index (χ4n) is 2.05. The van der Waals surface area contributed by atoms with Gasteiger partial charge in [-0.15, -0.1) is 0 Å². The molecule has 0 atom stereocenters. The van der Waals surface area contributed by atoms with E-state index in [9.17, 15) is 4.39 Å². The third-order valence-corrected chi connectivity index (χ3v) is 3.43. The number of benzene rings is 1. The van der Waals surface area contributed by atoms with Gasteiger partial charge < -0.3 is 10.1 Å². The van der Waals surface area contributed by atoms with Crippen molar-refractivity contribution < 1.29 is 9.13 Å². The van der Waals surface area contributed by atoms with Crippen LogP contribution in [0.4, 0.5) is 4.39 Å². The molecule has 0 saturated carbocycles. The van der Waals surface area contributed by atoms with Crippen LogP contribution in [0.3, 0.4) is 0 Å². The van der Waals surface area contributed by atoms with Crippen molar-refractivity contribution in [1.82, 2.24) is 15.1 Å². The topological polar surface area (TPSA) is 39.1 Å². The maximum absolute atomic E-state index is 13.5. The Labute approximate surface area is 128 Å². The maximum atomic E-state index is 13.5. The van der Waals surface area contributed by atoms with Gasteiger partial charge in [0.15, 0.2) is 0 Å². The molecule has 6 heteroatoms. The minimum Gasteiger partial charge on any atom is -0.439 e. The highest BCUT2D eigenvalue weighted by molar-refractivity contribution is 6.30. The predicted molar refractivity (Wildman–Crippen MR) is 81.4 cm³/mol. The van der Waals surface area contributed by atoms with Crippen LogP contribution in [0.5, 0.6) is 11.6 Å². The first-order chi connectivity index (χ1) is 10.0. The van der Waals surface area contributed by atoms with E-state index in [0.717, 1.165) is 24.2 Å². The molecule has 21 heavy (non-hydrogen) atoms. The van der Waals surface area contributed by atoms with Crippen LogP contribution < -0.4 is 10.1 Å². The number of nitrogens with one attached hydrogen (secondary N) is 1. The normalized spacial score (nSPS) is 10.9. The highest BCUT2D eigenvalue weighted by Crippen LogP contribution is 2.29. The van der Waals surface area contributed by atoms with Crippen molar-refractivity contribution in [1.29, 1.82) is 0 Å². The molecular weight excluding hydrogens is 293 g/mol.